The molecule has 1 aromatic rings. The lowest BCUT2D eigenvalue weighted by Gasteiger charge is -2.33. The van der Waals surface area contributed by atoms with Gasteiger partial charge < -0.3 is 10.2 Å². The molecule has 2 N–H and O–H groups in total. The van der Waals surface area contributed by atoms with Gasteiger partial charge in [0.25, 0.3) is 0 Å². The van der Waals surface area contributed by atoms with Gasteiger partial charge in [-0.15, -0.1) is 0 Å². The fourth-order valence-corrected chi connectivity index (χ4v) is 3.24. The van der Waals surface area contributed by atoms with Crippen molar-refractivity contribution in [3.05, 3.63) is 36.3 Å². The molecule has 80 valence electrons. The number of hydrogen-bond donors (Lipinski definition) is 1. The Labute approximate surface area is 90.1 Å². The molecule has 0 spiro atoms. The summed E-state index contributed by atoms with van der Waals surface area (Å²) in [5, 5.41) is 0. The lowest BCUT2D eigenvalue weighted by atomic mass is 9.76. The third kappa shape index (κ3) is 1.28. The smallest absolute Gasteiger partial charge is 0.123 e. The average Bonchev–Trinajstić information content (AvgIpc) is 2.94. The first-order chi connectivity index (χ1) is 7.18. The summed E-state index contributed by atoms with van der Waals surface area (Å²) in [5.41, 5.74) is 6.13. The zero-order chi connectivity index (χ0) is 10.5. The summed E-state index contributed by atoms with van der Waals surface area (Å²) in [6.45, 7) is 2.10. The van der Waals surface area contributed by atoms with E-state index in [2.05, 4.69) is 19.1 Å². The molecule has 0 amide bonds. The second-order valence-electron chi connectivity index (χ2n) is 5.15. The summed E-state index contributed by atoms with van der Waals surface area (Å²) in [7, 11) is 0. The monoisotopic (exact) mass is 203 g/mol. The van der Waals surface area contributed by atoms with Gasteiger partial charge >= 0.3 is 0 Å². The van der Waals surface area contributed by atoms with Gasteiger partial charge in [0.1, 0.15) is 5.76 Å². The van der Waals surface area contributed by atoms with Crippen molar-refractivity contribution >= 4 is 0 Å². The van der Waals surface area contributed by atoms with E-state index in [4.69, 9.17) is 10.2 Å². The van der Waals surface area contributed by atoms with Crippen LogP contribution < -0.4 is 5.73 Å². The molecule has 1 fully saturated rings. The van der Waals surface area contributed by atoms with Crippen LogP contribution in [-0.2, 0) is 5.54 Å². The van der Waals surface area contributed by atoms with Crippen molar-refractivity contribution in [3.63, 3.8) is 0 Å². The Balaban J connectivity index is 1.91. The zero-order valence-electron chi connectivity index (χ0n) is 9.02. The first-order valence-electron chi connectivity index (χ1n) is 5.69. The highest BCUT2D eigenvalue weighted by Crippen LogP contribution is 2.50. The molecule has 15 heavy (non-hydrogen) atoms. The highest BCUT2D eigenvalue weighted by Gasteiger charge is 2.46. The van der Waals surface area contributed by atoms with Crippen molar-refractivity contribution in [2.24, 2.45) is 23.5 Å². The molecule has 0 aromatic carbocycles. The molecule has 2 nitrogen and oxygen atoms in total. The molecule has 1 saturated carbocycles. The molecule has 1 heterocycles. The largest absolute Gasteiger partial charge is 0.467 e. The van der Waals surface area contributed by atoms with Crippen LogP contribution in [0.3, 0.4) is 0 Å². The average molecular weight is 203 g/mol. The maximum Gasteiger partial charge on any atom is 0.123 e. The van der Waals surface area contributed by atoms with Crippen LogP contribution in [0.5, 0.6) is 0 Å². The lowest BCUT2D eigenvalue weighted by molar-refractivity contribution is 0.218. The minimum absolute atomic E-state index is 0.312. The van der Waals surface area contributed by atoms with Crippen molar-refractivity contribution < 1.29 is 4.42 Å². The molecule has 0 radical (unpaired) electrons. The Kier molecular flexibility index (Phi) is 1.84. The van der Waals surface area contributed by atoms with Gasteiger partial charge in [0.2, 0.25) is 0 Å². The van der Waals surface area contributed by atoms with Crippen LogP contribution in [0.2, 0.25) is 0 Å². The molecule has 2 aliphatic carbocycles. The Morgan fingerprint density at radius 1 is 1.40 bits per heavy atom. The van der Waals surface area contributed by atoms with Crippen LogP contribution in [0.15, 0.2) is 35.0 Å². The van der Waals surface area contributed by atoms with E-state index >= 15 is 0 Å². The summed E-state index contributed by atoms with van der Waals surface area (Å²) < 4.78 is 5.47. The number of hydrogen-bond acceptors (Lipinski definition) is 2. The van der Waals surface area contributed by atoms with Gasteiger partial charge in [-0.3, -0.25) is 0 Å². The first-order valence-corrected chi connectivity index (χ1v) is 5.69. The second-order valence-corrected chi connectivity index (χ2v) is 5.15. The number of rotatable bonds is 2. The maximum absolute atomic E-state index is 6.45. The predicted molar refractivity (Wildman–Crippen MR) is 59.1 cm³/mol. The maximum atomic E-state index is 6.45. The van der Waals surface area contributed by atoms with Gasteiger partial charge in [0.15, 0.2) is 0 Å². The molecule has 2 bridgehead atoms. The number of allylic oxidation sites excluding steroid dienone is 2. The van der Waals surface area contributed by atoms with Crippen molar-refractivity contribution in [1.82, 2.24) is 0 Å². The Morgan fingerprint density at radius 2 is 2.27 bits per heavy atom. The molecular formula is C13H17NO. The molecule has 1 aromatic heterocycles. The van der Waals surface area contributed by atoms with Crippen LogP contribution >= 0.6 is 0 Å². The molecule has 2 heteroatoms. The Bertz CT molecular complexity index is 377. The van der Waals surface area contributed by atoms with E-state index in [-0.39, 0.29) is 5.54 Å². The highest BCUT2D eigenvalue weighted by atomic mass is 16.3. The highest BCUT2D eigenvalue weighted by molar-refractivity contribution is 5.20. The van der Waals surface area contributed by atoms with E-state index < -0.39 is 0 Å². The van der Waals surface area contributed by atoms with Crippen molar-refractivity contribution in [3.8, 4) is 0 Å². The minimum atomic E-state index is -0.312. The topological polar surface area (TPSA) is 39.2 Å². The Morgan fingerprint density at radius 3 is 2.80 bits per heavy atom. The summed E-state index contributed by atoms with van der Waals surface area (Å²) in [5.74, 6) is 2.89. The summed E-state index contributed by atoms with van der Waals surface area (Å²) in [4.78, 5) is 0. The normalized spacial score (nSPS) is 37.1. The lowest BCUT2D eigenvalue weighted by Crippen LogP contribution is -2.42. The van der Waals surface area contributed by atoms with Crippen molar-refractivity contribution in [1.29, 1.82) is 0 Å². The number of nitrogens with two attached hydrogens (primary N) is 1. The third-order valence-electron chi connectivity index (χ3n) is 4.10. The molecule has 0 saturated heterocycles. The van der Waals surface area contributed by atoms with E-state index in [9.17, 15) is 0 Å². The molecule has 3 rings (SSSR count). The third-order valence-corrected chi connectivity index (χ3v) is 4.10. The zero-order valence-corrected chi connectivity index (χ0v) is 9.02. The second kappa shape index (κ2) is 2.99. The molecule has 0 aliphatic heterocycles. The van der Waals surface area contributed by atoms with Crippen LogP contribution in [0.1, 0.15) is 25.5 Å². The van der Waals surface area contributed by atoms with Gasteiger partial charge in [-0.2, -0.15) is 0 Å². The Hall–Kier alpha value is -1.02. The quantitative estimate of drug-likeness (QED) is 0.750. The van der Waals surface area contributed by atoms with Gasteiger partial charge in [-0.1, -0.05) is 12.2 Å². The van der Waals surface area contributed by atoms with E-state index in [1.807, 2.05) is 12.1 Å². The standard InChI is InChI=1S/C13H17NO/c1-13(14,12-3-2-6-15-12)11-8-9-4-5-10(11)7-9/h2-6,9-11H,7-8,14H2,1H3. The molecule has 4 atom stereocenters. The molecular weight excluding hydrogens is 186 g/mol. The number of fused-ring (bicyclic) bond motifs is 2. The van der Waals surface area contributed by atoms with Gasteiger partial charge in [-0.25, -0.2) is 0 Å². The van der Waals surface area contributed by atoms with Crippen LogP contribution in [0.4, 0.5) is 0 Å². The van der Waals surface area contributed by atoms with E-state index in [0.29, 0.717) is 11.8 Å². The van der Waals surface area contributed by atoms with Crippen LogP contribution in [0.25, 0.3) is 0 Å². The minimum Gasteiger partial charge on any atom is -0.467 e. The van der Waals surface area contributed by atoms with E-state index in [1.54, 1.807) is 6.26 Å². The van der Waals surface area contributed by atoms with Gasteiger partial charge in [0, 0.05) is 0 Å². The predicted octanol–water partition coefficient (Wildman–Crippen LogP) is 2.67. The first kappa shape index (κ1) is 9.22. The van der Waals surface area contributed by atoms with Gasteiger partial charge in [-0.05, 0) is 49.7 Å². The van der Waals surface area contributed by atoms with Crippen molar-refractivity contribution in [2.75, 3.05) is 0 Å². The van der Waals surface area contributed by atoms with E-state index in [1.165, 1.54) is 12.8 Å². The molecule has 4 unspecified atom stereocenters. The molecule has 2 aliphatic rings. The summed E-state index contributed by atoms with van der Waals surface area (Å²) >= 11 is 0. The van der Waals surface area contributed by atoms with Crippen LogP contribution in [-0.4, -0.2) is 0 Å². The van der Waals surface area contributed by atoms with E-state index in [0.717, 1.165) is 11.7 Å². The van der Waals surface area contributed by atoms with Crippen LogP contribution in [0, 0.1) is 17.8 Å². The fourth-order valence-electron chi connectivity index (χ4n) is 3.24. The van der Waals surface area contributed by atoms with Crippen molar-refractivity contribution in [2.45, 2.75) is 25.3 Å². The number of furan rings is 1. The summed E-state index contributed by atoms with van der Waals surface area (Å²) in [6, 6.07) is 3.92. The SMILES string of the molecule is CC(N)(c1ccco1)C1CC2C=CC1C2. The summed E-state index contributed by atoms with van der Waals surface area (Å²) in [6.07, 6.45) is 8.91. The van der Waals surface area contributed by atoms with Gasteiger partial charge in [0.05, 0.1) is 11.8 Å². The fraction of sp³-hybridized carbons (Fsp3) is 0.538.